The number of alkyl halides is 3. The Bertz CT molecular complexity index is 1010. The van der Waals surface area contributed by atoms with E-state index in [1.807, 2.05) is 13.0 Å². The van der Waals surface area contributed by atoms with E-state index < -0.39 is 22.1 Å². The minimum Gasteiger partial charge on any atom is -0.406 e. The van der Waals surface area contributed by atoms with Crippen molar-refractivity contribution in [3.63, 3.8) is 0 Å². The summed E-state index contributed by atoms with van der Waals surface area (Å²) in [7, 11) is -4.01. The largest absolute Gasteiger partial charge is 0.573 e. The molecule has 1 amide bonds. The molecule has 0 saturated carbocycles. The highest BCUT2D eigenvalue weighted by molar-refractivity contribution is 7.89. The maximum absolute atomic E-state index is 12.8. The van der Waals surface area contributed by atoms with Crippen LogP contribution in [0.3, 0.4) is 0 Å². The fourth-order valence-corrected chi connectivity index (χ4v) is 4.89. The Labute approximate surface area is 178 Å². The highest BCUT2D eigenvalue weighted by atomic mass is 32.2. The lowest BCUT2D eigenvalue weighted by atomic mass is 9.96. The molecule has 7 nitrogen and oxygen atoms in total. The first kappa shape index (κ1) is 23.0. The summed E-state index contributed by atoms with van der Waals surface area (Å²) in [5.41, 5.74) is 0.858. The van der Waals surface area contributed by atoms with Crippen molar-refractivity contribution in [3.05, 3.63) is 54.4 Å². The average molecular weight is 457 g/mol. The highest BCUT2D eigenvalue weighted by Gasteiger charge is 2.34. The van der Waals surface area contributed by atoms with Crippen LogP contribution in [0.2, 0.25) is 0 Å². The van der Waals surface area contributed by atoms with Crippen molar-refractivity contribution in [1.82, 2.24) is 14.6 Å². The molecule has 1 N–H and O–H groups in total. The second-order valence-electron chi connectivity index (χ2n) is 7.22. The first-order valence-corrected chi connectivity index (χ1v) is 11.1. The minimum absolute atomic E-state index is 0.0893. The number of halogens is 3. The van der Waals surface area contributed by atoms with Gasteiger partial charge in [0.25, 0.3) is 0 Å². The van der Waals surface area contributed by atoms with Crippen LogP contribution in [-0.4, -0.2) is 43.1 Å². The van der Waals surface area contributed by atoms with Crippen LogP contribution >= 0.6 is 0 Å². The fourth-order valence-electron chi connectivity index (χ4n) is 3.39. The monoisotopic (exact) mass is 457 g/mol. The summed E-state index contributed by atoms with van der Waals surface area (Å²) < 4.78 is 67.9. The maximum atomic E-state index is 12.8. The van der Waals surface area contributed by atoms with Gasteiger partial charge in [-0.1, -0.05) is 12.1 Å². The van der Waals surface area contributed by atoms with Crippen LogP contribution in [0.4, 0.5) is 13.2 Å². The van der Waals surface area contributed by atoms with Crippen molar-refractivity contribution in [2.45, 2.75) is 37.1 Å². The van der Waals surface area contributed by atoms with E-state index in [-0.39, 0.29) is 35.9 Å². The molecule has 0 aliphatic carbocycles. The lowest BCUT2D eigenvalue weighted by Crippen LogP contribution is -2.43. The fraction of sp³-hybridized carbons (Fsp3) is 0.400. The molecule has 1 aliphatic heterocycles. The van der Waals surface area contributed by atoms with Gasteiger partial charge in [0.2, 0.25) is 15.9 Å². The molecule has 3 rings (SSSR count). The number of aromatic nitrogens is 1. The molecular formula is C20H22F3N3O4S. The molecule has 1 aliphatic rings. The summed E-state index contributed by atoms with van der Waals surface area (Å²) in [5, 5.41) is 2.91. The molecule has 168 valence electrons. The molecule has 1 unspecified atom stereocenters. The van der Waals surface area contributed by atoms with Crippen molar-refractivity contribution in [2.75, 3.05) is 13.1 Å². The van der Waals surface area contributed by atoms with Crippen molar-refractivity contribution in [3.8, 4) is 5.75 Å². The van der Waals surface area contributed by atoms with Crippen LogP contribution in [0, 0.1) is 5.92 Å². The number of carbonyl (C=O) groups is 1. The molecule has 0 spiro atoms. The number of carbonyl (C=O) groups excluding carboxylic acids is 1. The Kier molecular flexibility index (Phi) is 6.85. The number of ether oxygens (including phenoxy) is 1. The van der Waals surface area contributed by atoms with E-state index in [1.54, 1.807) is 18.5 Å². The Hall–Kier alpha value is -2.66. The minimum atomic E-state index is -4.92. The predicted molar refractivity (Wildman–Crippen MR) is 105 cm³/mol. The van der Waals surface area contributed by atoms with Crippen LogP contribution in [0.15, 0.2) is 53.7 Å². The third-order valence-corrected chi connectivity index (χ3v) is 6.94. The number of benzene rings is 1. The van der Waals surface area contributed by atoms with Gasteiger partial charge >= 0.3 is 6.36 Å². The first-order chi connectivity index (χ1) is 14.6. The predicted octanol–water partition coefficient (Wildman–Crippen LogP) is 3.26. The van der Waals surface area contributed by atoms with Gasteiger partial charge in [0, 0.05) is 37.5 Å². The zero-order valence-electron chi connectivity index (χ0n) is 16.7. The zero-order chi connectivity index (χ0) is 22.6. The lowest BCUT2D eigenvalue weighted by molar-refractivity contribution is -0.274. The van der Waals surface area contributed by atoms with E-state index in [0.717, 1.165) is 17.7 Å². The zero-order valence-corrected chi connectivity index (χ0v) is 17.5. The Morgan fingerprint density at radius 2 is 1.94 bits per heavy atom. The van der Waals surface area contributed by atoms with E-state index in [9.17, 15) is 26.4 Å². The molecule has 2 aromatic rings. The van der Waals surface area contributed by atoms with E-state index >= 15 is 0 Å². The summed E-state index contributed by atoms with van der Waals surface area (Å²) in [4.78, 5) is 16.3. The van der Waals surface area contributed by atoms with E-state index in [1.165, 1.54) is 16.4 Å². The molecule has 11 heteroatoms. The van der Waals surface area contributed by atoms with Gasteiger partial charge < -0.3 is 10.1 Å². The molecule has 31 heavy (non-hydrogen) atoms. The van der Waals surface area contributed by atoms with Gasteiger partial charge in [0.1, 0.15) is 5.75 Å². The van der Waals surface area contributed by atoms with E-state index in [0.29, 0.717) is 12.8 Å². The topological polar surface area (TPSA) is 88.6 Å². The van der Waals surface area contributed by atoms with Crippen molar-refractivity contribution >= 4 is 15.9 Å². The van der Waals surface area contributed by atoms with Crippen molar-refractivity contribution < 1.29 is 31.1 Å². The summed E-state index contributed by atoms with van der Waals surface area (Å²) in [6.45, 7) is 2.02. The standard InChI is InChI=1S/C20H22F3N3O4S/c1-14(16-4-3-9-24-13-16)25-19(27)15-7-10-26(11-8-15)31(28,29)18-6-2-5-17(12-18)30-20(21,22)23/h2-6,9,12-15H,7-8,10-11H2,1H3,(H,25,27). The van der Waals surface area contributed by atoms with E-state index in [4.69, 9.17) is 0 Å². The van der Waals surface area contributed by atoms with Crippen molar-refractivity contribution in [1.29, 1.82) is 0 Å². The van der Waals surface area contributed by atoms with Gasteiger partial charge in [0.05, 0.1) is 10.9 Å². The van der Waals surface area contributed by atoms with Crippen LogP contribution in [0.25, 0.3) is 0 Å². The molecule has 0 radical (unpaired) electrons. The SMILES string of the molecule is CC(NC(=O)C1CCN(S(=O)(=O)c2cccc(OC(F)(F)F)c2)CC1)c1cccnc1. The number of nitrogens with zero attached hydrogens (tertiary/aromatic N) is 2. The van der Waals surface area contributed by atoms with Gasteiger partial charge in [-0.05, 0) is 43.5 Å². The number of nitrogens with one attached hydrogen (secondary N) is 1. The van der Waals surface area contributed by atoms with Gasteiger partial charge in [-0.25, -0.2) is 8.42 Å². The van der Waals surface area contributed by atoms with Crippen LogP contribution in [-0.2, 0) is 14.8 Å². The molecule has 0 bridgehead atoms. The number of hydrogen-bond donors (Lipinski definition) is 1. The summed E-state index contributed by atoms with van der Waals surface area (Å²) in [6, 6.07) is 7.67. The van der Waals surface area contributed by atoms with Crippen LogP contribution in [0.5, 0.6) is 5.75 Å². The summed E-state index contributed by atoms with van der Waals surface area (Å²) in [5.74, 6) is -1.13. The second kappa shape index (κ2) is 9.23. The summed E-state index contributed by atoms with van der Waals surface area (Å²) >= 11 is 0. The van der Waals surface area contributed by atoms with Gasteiger partial charge in [-0.2, -0.15) is 4.31 Å². The quantitative estimate of drug-likeness (QED) is 0.720. The molecule has 1 aromatic carbocycles. The highest BCUT2D eigenvalue weighted by Crippen LogP contribution is 2.29. The average Bonchev–Trinajstić information content (AvgIpc) is 2.73. The first-order valence-electron chi connectivity index (χ1n) is 9.62. The lowest BCUT2D eigenvalue weighted by Gasteiger charge is -2.31. The number of hydrogen-bond acceptors (Lipinski definition) is 5. The Morgan fingerprint density at radius 3 is 2.55 bits per heavy atom. The molecule has 2 heterocycles. The normalized spacial score (nSPS) is 17.2. The van der Waals surface area contributed by atoms with Crippen LogP contribution < -0.4 is 10.1 Å². The van der Waals surface area contributed by atoms with Crippen molar-refractivity contribution in [2.24, 2.45) is 5.92 Å². The number of sulfonamides is 1. The third-order valence-electron chi connectivity index (χ3n) is 5.04. The number of amides is 1. The maximum Gasteiger partial charge on any atom is 0.573 e. The smallest absolute Gasteiger partial charge is 0.406 e. The van der Waals surface area contributed by atoms with Gasteiger partial charge in [-0.15, -0.1) is 13.2 Å². The third kappa shape index (κ3) is 5.95. The molecule has 1 aromatic heterocycles. The number of rotatable bonds is 6. The second-order valence-corrected chi connectivity index (χ2v) is 9.16. The van der Waals surface area contributed by atoms with Gasteiger partial charge in [-0.3, -0.25) is 9.78 Å². The molecular weight excluding hydrogens is 435 g/mol. The number of pyridine rings is 1. The molecule has 1 fully saturated rings. The van der Waals surface area contributed by atoms with E-state index in [2.05, 4.69) is 15.0 Å². The summed E-state index contributed by atoms with van der Waals surface area (Å²) in [6.07, 6.45) is -0.996. The molecule has 1 saturated heterocycles. The Morgan fingerprint density at radius 1 is 1.23 bits per heavy atom. The van der Waals surface area contributed by atoms with Crippen LogP contribution in [0.1, 0.15) is 31.4 Å². The number of piperidine rings is 1. The molecule has 1 atom stereocenters. The Balaban J connectivity index is 1.61. The van der Waals surface area contributed by atoms with Gasteiger partial charge in [0.15, 0.2) is 0 Å².